The normalized spacial score (nSPS) is 11.6. The molecule has 0 fully saturated rings. The first kappa shape index (κ1) is 22.4. The van der Waals surface area contributed by atoms with Crippen LogP contribution in [0.3, 0.4) is 0 Å². The van der Waals surface area contributed by atoms with Crippen LogP contribution < -0.4 is 5.63 Å². The largest absolute Gasteiger partial charge is 0.422 e. The molecular weight excluding hydrogens is 494 g/mol. The first-order chi connectivity index (χ1) is 19.8. The lowest BCUT2D eigenvalue weighted by Gasteiger charge is -2.12. The van der Waals surface area contributed by atoms with Crippen molar-refractivity contribution in [1.29, 1.82) is 0 Å². The minimum absolute atomic E-state index is 0.346. The molecule has 0 bridgehead atoms. The van der Waals surface area contributed by atoms with E-state index in [4.69, 9.17) is 14.4 Å². The van der Waals surface area contributed by atoms with Gasteiger partial charge in [-0.2, -0.15) is 0 Å². The Morgan fingerprint density at radius 3 is 1.82 bits per heavy atom. The SMILES string of the molecule is O=c1oc2ccccc2c2c1ccc1c2c2ccccc2n1-c1nc(-c2ccccc2)cc(-c2ccccc2)n1. The molecule has 3 aromatic heterocycles. The molecule has 5 nitrogen and oxygen atoms in total. The molecule has 5 heteroatoms. The molecule has 0 amide bonds. The van der Waals surface area contributed by atoms with Gasteiger partial charge in [0.1, 0.15) is 5.58 Å². The van der Waals surface area contributed by atoms with Crippen molar-refractivity contribution in [1.82, 2.24) is 14.5 Å². The monoisotopic (exact) mass is 515 g/mol. The lowest BCUT2D eigenvalue weighted by Crippen LogP contribution is -2.04. The van der Waals surface area contributed by atoms with E-state index in [1.165, 1.54) is 0 Å². The number of hydrogen-bond acceptors (Lipinski definition) is 4. The fourth-order valence-electron chi connectivity index (χ4n) is 5.69. The lowest BCUT2D eigenvalue weighted by molar-refractivity contribution is 0.570. The van der Waals surface area contributed by atoms with Crippen LogP contribution in [0.4, 0.5) is 0 Å². The lowest BCUT2D eigenvalue weighted by atomic mass is 10.0. The Balaban J connectivity index is 1.53. The molecule has 0 radical (unpaired) electrons. The maximum absolute atomic E-state index is 13.1. The van der Waals surface area contributed by atoms with Gasteiger partial charge in [0.15, 0.2) is 0 Å². The average molecular weight is 516 g/mol. The van der Waals surface area contributed by atoms with E-state index in [2.05, 4.69) is 41.0 Å². The summed E-state index contributed by atoms with van der Waals surface area (Å²) in [6.07, 6.45) is 0. The summed E-state index contributed by atoms with van der Waals surface area (Å²) in [5.74, 6) is 0.568. The number of hydrogen-bond donors (Lipinski definition) is 0. The molecule has 0 aliphatic carbocycles. The van der Waals surface area contributed by atoms with Crippen LogP contribution in [0.5, 0.6) is 0 Å². The van der Waals surface area contributed by atoms with Gasteiger partial charge >= 0.3 is 5.63 Å². The van der Waals surface area contributed by atoms with Gasteiger partial charge < -0.3 is 4.42 Å². The van der Waals surface area contributed by atoms with Crippen LogP contribution in [0, 0.1) is 0 Å². The van der Waals surface area contributed by atoms with E-state index in [0.717, 1.165) is 55.1 Å². The Kier molecular flexibility index (Phi) is 4.91. The van der Waals surface area contributed by atoms with Crippen molar-refractivity contribution >= 4 is 43.5 Å². The zero-order valence-electron chi connectivity index (χ0n) is 21.3. The van der Waals surface area contributed by atoms with E-state index in [-0.39, 0.29) is 5.63 Å². The molecule has 5 aromatic carbocycles. The number of nitrogens with zero attached hydrogens (tertiary/aromatic N) is 3. The Bertz CT molecular complexity index is 2230. The highest BCUT2D eigenvalue weighted by molar-refractivity contribution is 6.27. The van der Waals surface area contributed by atoms with Crippen molar-refractivity contribution in [3.63, 3.8) is 0 Å². The molecule has 8 rings (SSSR count). The second-order valence-corrected chi connectivity index (χ2v) is 9.79. The molecule has 0 aliphatic heterocycles. The standard InChI is InChI=1S/C35H21N3O2/c39-34-26-19-20-30-33(32(26)25-16-8-10-18-31(25)40-34)24-15-7-9-17-29(24)38(30)35-36-27(22-11-3-1-4-12-22)21-28(37-35)23-13-5-2-6-14-23/h1-21H. The molecule has 0 saturated carbocycles. The van der Waals surface area contributed by atoms with Crippen molar-refractivity contribution < 1.29 is 4.42 Å². The van der Waals surface area contributed by atoms with Gasteiger partial charge in [-0.15, -0.1) is 0 Å². The minimum Gasteiger partial charge on any atom is -0.422 e. The zero-order valence-corrected chi connectivity index (χ0v) is 21.3. The van der Waals surface area contributed by atoms with E-state index >= 15 is 0 Å². The molecule has 0 N–H and O–H groups in total. The van der Waals surface area contributed by atoms with Crippen LogP contribution >= 0.6 is 0 Å². The predicted molar refractivity (Wildman–Crippen MR) is 161 cm³/mol. The van der Waals surface area contributed by atoms with Gasteiger partial charge in [0.25, 0.3) is 0 Å². The van der Waals surface area contributed by atoms with E-state index in [9.17, 15) is 4.79 Å². The summed E-state index contributed by atoms with van der Waals surface area (Å²) in [6.45, 7) is 0. The summed E-state index contributed by atoms with van der Waals surface area (Å²) in [6, 6.07) is 42.1. The van der Waals surface area contributed by atoms with Gasteiger partial charge in [0.2, 0.25) is 5.95 Å². The Morgan fingerprint density at radius 1 is 0.525 bits per heavy atom. The second kappa shape index (κ2) is 8.75. The van der Waals surface area contributed by atoms with Crippen LogP contribution in [0.25, 0.3) is 72.0 Å². The summed E-state index contributed by atoms with van der Waals surface area (Å²) in [5.41, 5.74) is 5.81. The molecule has 8 aromatic rings. The highest BCUT2D eigenvalue weighted by Crippen LogP contribution is 2.39. The number of benzene rings is 5. The third-order valence-corrected chi connectivity index (χ3v) is 7.47. The van der Waals surface area contributed by atoms with Crippen LogP contribution in [0.15, 0.2) is 137 Å². The maximum atomic E-state index is 13.1. The van der Waals surface area contributed by atoms with Crippen LogP contribution in [0.2, 0.25) is 0 Å². The van der Waals surface area contributed by atoms with Crippen LogP contribution in [-0.2, 0) is 0 Å². The van der Waals surface area contributed by atoms with E-state index in [1.54, 1.807) is 0 Å². The quantitative estimate of drug-likeness (QED) is 0.176. The molecule has 0 atom stereocenters. The summed E-state index contributed by atoms with van der Waals surface area (Å²) in [7, 11) is 0. The Labute approximate surface area is 228 Å². The molecule has 0 spiro atoms. The highest BCUT2D eigenvalue weighted by atomic mass is 16.4. The number of para-hydroxylation sites is 2. The summed E-state index contributed by atoms with van der Waals surface area (Å²) in [5, 5.41) is 4.33. The van der Waals surface area contributed by atoms with Gasteiger partial charge in [-0.05, 0) is 30.3 Å². The first-order valence-corrected chi connectivity index (χ1v) is 13.1. The minimum atomic E-state index is -0.346. The fourth-order valence-corrected chi connectivity index (χ4v) is 5.69. The Hall–Kier alpha value is -5.55. The fraction of sp³-hybridized carbons (Fsp3) is 0. The summed E-state index contributed by atoms with van der Waals surface area (Å²) in [4.78, 5) is 23.3. The molecule has 188 valence electrons. The molecule has 0 saturated heterocycles. The molecular formula is C35H21N3O2. The van der Waals surface area contributed by atoms with Gasteiger partial charge in [-0.1, -0.05) is 97.1 Å². The number of fused-ring (bicyclic) bond motifs is 7. The van der Waals surface area contributed by atoms with E-state index < -0.39 is 0 Å². The van der Waals surface area contributed by atoms with Crippen molar-refractivity contribution in [3.05, 3.63) is 138 Å². The van der Waals surface area contributed by atoms with Gasteiger partial charge in [-0.3, -0.25) is 4.57 Å². The first-order valence-electron chi connectivity index (χ1n) is 13.1. The number of rotatable bonds is 3. The molecule has 0 unspecified atom stereocenters. The zero-order chi connectivity index (χ0) is 26.6. The van der Waals surface area contributed by atoms with Crippen LogP contribution in [0.1, 0.15) is 0 Å². The predicted octanol–water partition coefficient (Wildman–Crippen LogP) is 8.17. The maximum Gasteiger partial charge on any atom is 0.344 e. The van der Waals surface area contributed by atoms with Gasteiger partial charge in [-0.25, -0.2) is 14.8 Å². The van der Waals surface area contributed by atoms with Crippen molar-refractivity contribution in [2.75, 3.05) is 0 Å². The third-order valence-electron chi connectivity index (χ3n) is 7.47. The number of aromatic nitrogens is 3. The Morgan fingerprint density at radius 2 is 1.12 bits per heavy atom. The van der Waals surface area contributed by atoms with Crippen LogP contribution in [-0.4, -0.2) is 14.5 Å². The van der Waals surface area contributed by atoms with Crippen molar-refractivity contribution in [2.24, 2.45) is 0 Å². The summed E-state index contributed by atoms with van der Waals surface area (Å²) < 4.78 is 7.77. The summed E-state index contributed by atoms with van der Waals surface area (Å²) >= 11 is 0. The second-order valence-electron chi connectivity index (χ2n) is 9.79. The molecule has 40 heavy (non-hydrogen) atoms. The van der Waals surface area contributed by atoms with E-state index in [1.807, 2.05) is 91.0 Å². The van der Waals surface area contributed by atoms with Crippen molar-refractivity contribution in [3.8, 4) is 28.5 Å². The highest BCUT2D eigenvalue weighted by Gasteiger charge is 2.20. The van der Waals surface area contributed by atoms with Gasteiger partial charge in [0.05, 0.1) is 27.8 Å². The topological polar surface area (TPSA) is 60.9 Å². The van der Waals surface area contributed by atoms with Gasteiger partial charge in [0, 0.05) is 32.7 Å². The smallest absolute Gasteiger partial charge is 0.344 e. The average Bonchev–Trinajstić information content (AvgIpc) is 3.36. The molecule has 0 aliphatic rings. The third kappa shape index (κ3) is 3.38. The van der Waals surface area contributed by atoms with Crippen molar-refractivity contribution in [2.45, 2.75) is 0 Å². The van der Waals surface area contributed by atoms with E-state index in [0.29, 0.717) is 16.9 Å². The molecule has 3 heterocycles.